The summed E-state index contributed by atoms with van der Waals surface area (Å²) in [5.74, 6) is -0.205. The second-order valence-corrected chi connectivity index (χ2v) is 9.70. The summed E-state index contributed by atoms with van der Waals surface area (Å²) >= 11 is 0. The van der Waals surface area contributed by atoms with Crippen LogP contribution in [0.3, 0.4) is 0 Å². The van der Waals surface area contributed by atoms with Gasteiger partial charge < -0.3 is 28.8 Å². The Morgan fingerprint density at radius 3 is 2.29 bits per heavy atom. The Morgan fingerprint density at radius 2 is 1.71 bits per heavy atom. The third kappa shape index (κ3) is 15.4. The maximum Gasteiger partial charge on any atom is 0.268 e. The van der Waals surface area contributed by atoms with Gasteiger partial charge in [-0.25, -0.2) is 0 Å². The SMILES string of the molecule is CCCCCC(=O)NC(COP(=O)([O-])OCC[N+](C)(C)C)C(O)CCCCC. The molecule has 0 heterocycles. The molecule has 0 saturated heterocycles. The Morgan fingerprint density at radius 1 is 1.11 bits per heavy atom. The number of hydrogen-bond acceptors (Lipinski definition) is 6. The number of rotatable bonds is 17. The normalized spacial score (nSPS) is 16.4. The summed E-state index contributed by atoms with van der Waals surface area (Å²) in [5.41, 5.74) is 0. The molecule has 168 valence electrons. The monoisotopic (exact) mass is 424 g/mol. The van der Waals surface area contributed by atoms with E-state index in [1.807, 2.05) is 21.1 Å². The molecule has 1 amide bonds. The number of aliphatic hydroxyl groups excluding tert-OH is 1. The molecule has 3 atom stereocenters. The third-order valence-corrected chi connectivity index (χ3v) is 5.31. The molecule has 0 aromatic carbocycles. The van der Waals surface area contributed by atoms with Crippen LogP contribution >= 0.6 is 7.82 Å². The molecule has 9 heteroatoms. The van der Waals surface area contributed by atoms with Crippen molar-refractivity contribution in [3.05, 3.63) is 0 Å². The van der Waals surface area contributed by atoms with Gasteiger partial charge in [0.1, 0.15) is 13.2 Å². The highest BCUT2D eigenvalue weighted by atomic mass is 31.2. The van der Waals surface area contributed by atoms with Crippen LogP contribution in [0.4, 0.5) is 0 Å². The minimum Gasteiger partial charge on any atom is -0.756 e. The highest BCUT2D eigenvalue weighted by Gasteiger charge is 2.24. The average Bonchev–Trinajstić information content (AvgIpc) is 2.57. The second-order valence-electron chi connectivity index (χ2n) is 8.28. The number of carbonyl (C=O) groups excluding carboxylic acids is 1. The van der Waals surface area contributed by atoms with Gasteiger partial charge in [-0.05, 0) is 12.8 Å². The molecule has 28 heavy (non-hydrogen) atoms. The lowest BCUT2D eigenvalue weighted by Crippen LogP contribution is -2.46. The fourth-order valence-corrected chi connectivity index (χ4v) is 3.23. The number of phosphoric acid groups is 1. The van der Waals surface area contributed by atoms with Gasteiger partial charge in [0.25, 0.3) is 7.82 Å². The molecule has 0 fully saturated rings. The van der Waals surface area contributed by atoms with Crippen molar-refractivity contribution in [2.24, 2.45) is 0 Å². The zero-order valence-corrected chi connectivity index (χ0v) is 19.2. The van der Waals surface area contributed by atoms with E-state index in [-0.39, 0.29) is 19.1 Å². The number of hydrogen-bond donors (Lipinski definition) is 2. The first-order valence-electron chi connectivity index (χ1n) is 10.4. The molecule has 0 saturated carbocycles. The van der Waals surface area contributed by atoms with Gasteiger partial charge in [-0.2, -0.15) is 0 Å². The van der Waals surface area contributed by atoms with Gasteiger partial charge in [-0.3, -0.25) is 9.36 Å². The summed E-state index contributed by atoms with van der Waals surface area (Å²) in [6, 6.07) is -0.782. The van der Waals surface area contributed by atoms with E-state index in [1.165, 1.54) is 0 Å². The molecule has 0 aliphatic heterocycles. The summed E-state index contributed by atoms with van der Waals surface area (Å²) in [6.45, 7) is 4.29. The van der Waals surface area contributed by atoms with Crippen molar-refractivity contribution in [2.75, 3.05) is 40.9 Å². The Kier molecular flexibility index (Phi) is 14.2. The van der Waals surface area contributed by atoms with E-state index in [0.29, 0.717) is 23.9 Å². The number of unbranched alkanes of at least 4 members (excludes halogenated alkanes) is 4. The van der Waals surface area contributed by atoms with E-state index >= 15 is 0 Å². The lowest BCUT2D eigenvalue weighted by atomic mass is 10.0. The first kappa shape index (κ1) is 27.5. The Balaban J connectivity index is 4.67. The number of aliphatic hydroxyl groups is 1. The molecule has 0 radical (unpaired) electrons. The molecule has 0 rings (SSSR count). The van der Waals surface area contributed by atoms with Crippen LogP contribution in [0, 0.1) is 0 Å². The smallest absolute Gasteiger partial charge is 0.268 e. The van der Waals surface area contributed by atoms with Crippen molar-refractivity contribution in [3.63, 3.8) is 0 Å². The first-order chi connectivity index (χ1) is 13.0. The second kappa shape index (κ2) is 14.5. The maximum absolute atomic E-state index is 12.1. The fourth-order valence-electron chi connectivity index (χ4n) is 2.50. The molecule has 3 unspecified atom stereocenters. The Hall–Kier alpha value is -0.500. The summed E-state index contributed by atoms with van der Waals surface area (Å²) in [5, 5.41) is 13.1. The van der Waals surface area contributed by atoms with E-state index in [1.54, 1.807) is 0 Å². The minimum atomic E-state index is -4.50. The Labute approximate surface area is 170 Å². The van der Waals surface area contributed by atoms with Gasteiger partial charge in [0.05, 0.1) is 39.9 Å². The van der Waals surface area contributed by atoms with Crippen molar-refractivity contribution >= 4 is 13.7 Å². The summed E-state index contributed by atoms with van der Waals surface area (Å²) in [6.07, 6.45) is 5.44. The lowest BCUT2D eigenvalue weighted by Gasteiger charge is -2.30. The van der Waals surface area contributed by atoms with E-state index < -0.39 is 20.0 Å². The highest BCUT2D eigenvalue weighted by Crippen LogP contribution is 2.38. The van der Waals surface area contributed by atoms with Gasteiger partial charge in [0.15, 0.2) is 0 Å². The number of carbonyl (C=O) groups is 1. The van der Waals surface area contributed by atoms with Crippen LogP contribution in [0.1, 0.15) is 65.2 Å². The van der Waals surface area contributed by atoms with Crippen LogP contribution in [0.15, 0.2) is 0 Å². The predicted molar refractivity (Wildman–Crippen MR) is 109 cm³/mol. The molecular formula is C19H41N2O6P. The summed E-state index contributed by atoms with van der Waals surface area (Å²) < 4.78 is 22.4. The summed E-state index contributed by atoms with van der Waals surface area (Å²) in [4.78, 5) is 24.1. The van der Waals surface area contributed by atoms with Crippen LogP contribution in [-0.4, -0.2) is 68.5 Å². The van der Waals surface area contributed by atoms with Gasteiger partial charge in [0, 0.05) is 6.42 Å². The lowest BCUT2D eigenvalue weighted by molar-refractivity contribution is -0.870. The van der Waals surface area contributed by atoms with Crippen molar-refractivity contribution in [3.8, 4) is 0 Å². The maximum atomic E-state index is 12.1. The summed E-state index contributed by atoms with van der Waals surface area (Å²) in [7, 11) is 1.29. The van der Waals surface area contributed by atoms with Crippen LogP contribution in [0.25, 0.3) is 0 Å². The zero-order chi connectivity index (χ0) is 21.6. The quantitative estimate of drug-likeness (QED) is 0.211. The first-order valence-corrected chi connectivity index (χ1v) is 11.8. The van der Waals surface area contributed by atoms with E-state index in [2.05, 4.69) is 19.2 Å². The zero-order valence-electron chi connectivity index (χ0n) is 18.3. The van der Waals surface area contributed by atoms with Gasteiger partial charge in [-0.15, -0.1) is 0 Å². The van der Waals surface area contributed by atoms with Crippen LogP contribution < -0.4 is 10.2 Å². The number of nitrogens with one attached hydrogen (secondary N) is 1. The predicted octanol–water partition coefficient (Wildman–Crippen LogP) is 2.20. The average molecular weight is 425 g/mol. The molecule has 0 aliphatic rings. The Bertz CT molecular complexity index is 470. The molecule has 0 spiro atoms. The molecule has 0 bridgehead atoms. The minimum absolute atomic E-state index is 0.0113. The van der Waals surface area contributed by atoms with E-state index in [0.717, 1.165) is 38.5 Å². The fraction of sp³-hybridized carbons (Fsp3) is 0.947. The number of quaternary nitrogens is 1. The number of phosphoric ester groups is 1. The van der Waals surface area contributed by atoms with Gasteiger partial charge in [0.2, 0.25) is 5.91 Å². The van der Waals surface area contributed by atoms with Crippen molar-refractivity contribution < 1.29 is 32.9 Å². The van der Waals surface area contributed by atoms with E-state index in [9.17, 15) is 19.4 Å². The van der Waals surface area contributed by atoms with Gasteiger partial charge >= 0.3 is 0 Å². The van der Waals surface area contributed by atoms with Crippen LogP contribution in [0.5, 0.6) is 0 Å². The van der Waals surface area contributed by atoms with E-state index in [4.69, 9.17) is 9.05 Å². The largest absolute Gasteiger partial charge is 0.756 e. The van der Waals surface area contributed by atoms with Crippen LogP contribution in [0.2, 0.25) is 0 Å². The highest BCUT2D eigenvalue weighted by molar-refractivity contribution is 7.45. The topological polar surface area (TPSA) is 108 Å². The molecule has 0 aliphatic carbocycles. The number of nitrogens with zero attached hydrogens (tertiary/aromatic N) is 1. The van der Waals surface area contributed by atoms with Crippen molar-refractivity contribution in [1.29, 1.82) is 0 Å². The molecular weight excluding hydrogens is 383 g/mol. The van der Waals surface area contributed by atoms with Crippen molar-refractivity contribution in [2.45, 2.75) is 77.4 Å². The standard InChI is InChI=1S/C19H41N2O6P/c1-6-8-10-12-18(22)17(20-19(23)13-11-9-7-2)16-27-28(24,25)26-15-14-21(3,4)5/h17-18,22H,6-16H2,1-5H3,(H-,20,23,24,25). The molecule has 8 nitrogen and oxygen atoms in total. The number of amides is 1. The van der Waals surface area contributed by atoms with Crippen molar-refractivity contribution in [1.82, 2.24) is 5.32 Å². The molecule has 0 aromatic rings. The van der Waals surface area contributed by atoms with Gasteiger partial charge in [-0.1, -0.05) is 46.0 Å². The molecule has 0 aromatic heterocycles. The third-order valence-electron chi connectivity index (χ3n) is 4.35. The molecule has 2 N–H and O–H groups in total. The number of likely N-dealkylation sites (N-methyl/N-ethyl adjacent to an activating group) is 1. The van der Waals surface area contributed by atoms with Crippen LogP contribution in [-0.2, 0) is 18.4 Å².